The van der Waals surface area contributed by atoms with Crippen LogP contribution in [0.5, 0.6) is 0 Å². The van der Waals surface area contributed by atoms with Crippen LogP contribution in [0.15, 0.2) is 23.2 Å². The van der Waals surface area contributed by atoms with E-state index in [0.717, 1.165) is 27.3 Å². The number of benzene rings is 1. The van der Waals surface area contributed by atoms with E-state index in [0.29, 0.717) is 18.8 Å². The number of hydrogen-bond donors (Lipinski definition) is 1. The SMILES string of the molecule is COCCc1nc(SCCC(=O)O)c2c(C)cccc2n1. The second-order valence-electron chi connectivity index (χ2n) is 4.65. The largest absolute Gasteiger partial charge is 0.481 e. The van der Waals surface area contributed by atoms with Crippen LogP contribution in [0.25, 0.3) is 10.9 Å². The van der Waals surface area contributed by atoms with Crippen LogP contribution in [-0.2, 0) is 16.0 Å². The zero-order chi connectivity index (χ0) is 15.2. The molecule has 0 saturated carbocycles. The maximum Gasteiger partial charge on any atom is 0.304 e. The van der Waals surface area contributed by atoms with Crippen molar-refractivity contribution in [3.63, 3.8) is 0 Å². The number of aromatic nitrogens is 2. The molecule has 0 bridgehead atoms. The van der Waals surface area contributed by atoms with Gasteiger partial charge in [-0.1, -0.05) is 12.1 Å². The Hall–Kier alpha value is -1.66. The number of carboxylic acids is 1. The summed E-state index contributed by atoms with van der Waals surface area (Å²) in [6, 6.07) is 5.94. The molecule has 0 aliphatic heterocycles. The van der Waals surface area contributed by atoms with Crippen molar-refractivity contribution in [2.75, 3.05) is 19.5 Å². The average molecular weight is 306 g/mol. The van der Waals surface area contributed by atoms with Crippen LogP contribution in [-0.4, -0.2) is 40.5 Å². The normalized spacial score (nSPS) is 11.0. The fraction of sp³-hybridized carbons (Fsp3) is 0.400. The standard InChI is InChI=1S/C15H18N2O3S/c1-10-4-3-5-11-14(10)15(21-9-7-13(18)19)17-12(16-11)6-8-20-2/h3-5H,6-9H2,1-2H3,(H,18,19). The molecule has 112 valence electrons. The molecule has 21 heavy (non-hydrogen) atoms. The minimum absolute atomic E-state index is 0.120. The van der Waals surface area contributed by atoms with E-state index in [1.807, 2.05) is 25.1 Å². The number of methoxy groups -OCH3 is 1. The number of aliphatic carboxylic acids is 1. The van der Waals surface area contributed by atoms with Gasteiger partial charge in [0.05, 0.1) is 18.5 Å². The number of fused-ring (bicyclic) bond motifs is 1. The molecule has 0 amide bonds. The molecule has 0 spiro atoms. The highest BCUT2D eigenvalue weighted by atomic mass is 32.2. The van der Waals surface area contributed by atoms with Crippen molar-refractivity contribution < 1.29 is 14.6 Å². The van der Waals surface area contributed by atoms with Gasteiger partial charge in [0, 0.05) is 24.7 Å². The lowest BCUT2D eigenvalue weighted by molar-refractivity contribution is -0.136. The van der Waals surface area contributed by atoms with Crippen molar-refractivity contribution in [3.8, 4) is 0 Å². The molecular weight excluding hydrogens is 288 g/mol. The van der Waals surface area contributed by atoms with Gasteiger partial charge in [0.25, 0.3) is 0 Å². The topological polar surface area (TPSA) is 72.3 Å². The molecule has 0 radical (unpaired) electrons. The van der Waals surface area contributed by atoms with E-state index in [2.05, 4.69) is 9.97 Å². The van der Waals surface area contributed by atoms with E-state index >= 15 is 0 Å². The fourth-order valence-corrected chi connectivity index (χ4v) is 3.06. The summed E-state index contributed by atoms with van der Waals surface area (Å²) in [4.78, 5) is 19.8. The predicted molar refractivity (Wildman–Crippen MR) is 82.8 cm³/mol. The van der Waals surface area contributed by atoms with Crippen molar-refractivity contribution in [2.45, 2.75) is 24.8 Å². The third-order valence-electron chi connectivity index (χ3n) is 3.03. The van der Waals surface area contributed by atoms with Gasteiger partial charge in [0.15, 0.2) is 0 Å². The van der Waals surface area contributed by atoms with Gasteiger partial charge in [-0.2, -0.15) is 0 Å². The molecule has 1 aromatic carbocycles. The van der Waals surface area contributed by atoms with Crippen LogP contribution < -0.4 is 0 Å². The smallest absolute Gasteiger partial charge is 0.304 e. The zero-order valence-electron chi connectivity index (χ0n) is 12.1. The van der Waals surface area contributed by atoms with Gasteiger partial charge in [-0.3, -0.25) is 4.79 Å². The van der Waals surface area contributed by atoms with Crippen molar-refractivity contribution >= 4 is 28.6 Å². The lowest BCUT2D eigenvalue weighted by atomic mass is 10.1. The minimum Gasteiger partial charge on any atom is -0.481 e. The molecule has 0 unspecified atom stereocenters. The lowest BCUT2D eigenvalue weighted by Crippen LogP contribution is -2.04. The first-order chi connectivity index (χ1) is 10.1. The molecular formula is C15H18N2O3S. The number of rotatable bonds is 7. The van der Waals surface area contributed by atoms with E-state index in [4.69, 9.17) is 9.84 Å². The summed E-state index contributed by atoms with van der Waals surface area (Å²) in [5, 5.41) is 10.6. The summed E-state index contributed by atoms with van der Waals surface area (Å²) in [6.45, 7) is 2.58. The molecule has 2 rings (SSSR count). The Bertz CT molecular complexity index is 646. The number of ether oxygens (including phenoxy) is 1. The highest BCUT2D eigenvalue weighted by Crippen LogP contribution is 2.28. The van der Waals surface area contributed by atoms with Crippen LogP contribution in [0, 0.1) is 6.92 Å². The van der Waals surface area contributed by atoms with Gasteiger partial charge in [0.1, 0.15) is 10.9 Å². The van der Waals surface area contributed by atoms with Gasteiger partial charge in [-0.15, -0.1) is 11.8 Å². The van der Waals surface area contributed by atoms with Crippen molar-refractivity contribution in [1.29, 1.82) is 0 Å². The molecule has 0 atom stereocenters. The van der Waals surface area contributed by atoms with E-state index in [1.165, 1.54) is 11.8 Å². The summed E-state index contributed by atoms with van der Waals surface area (Å²) in [5.74, 6) is 0.435. The summed E-state index contributed by atoms with van der Waals surface area (Å²) >= 11 is 1.47. The van der Waals surface area contributed by atoms with E-state index in [9.17, 15) is 4.79 Å². The highest BCUT2D eigenvalue weighted by Gasteiger charge is 2.11. The molecule has 6 heteroatoms. The van der Waals surface area contributed by atoms with Gasteiger partial charge < -0.3 is 9.84 Å². The molecule has 0 aliphatic rings. The number of hydrogen-bond acceptors (Lipinski definition) is 5. The van der Waals surface area contributed by atoms with Crippen LogP contribution in [0.2, 0.25) is 0 Å². The third kappa shape index (κ3) is 4.15. The molecule has 0 saturated heterocycles. The zero-order valence-corrected chi connectivity index (χ0v) is 12.9. The number of carbonyl (C=O) groups is 1. The molecule has 2 aromatic rings. The summed E-state index contributed by atoms with van der Waals surface area (Å²) < 4.78 is 5.07. The number of nitrogens with zero attached hydrogens (tertiary/aromatic N) is 2. The van der Waals surface area contributed by atoms with Gasteiger partial charge in [-0.25, -0.2) is 9.97 Å². The monoisotopic (exact) mass is 306 g/mol. The van der Waals surface area contributed by atoms with Crippen LogP contribution in [0.3, 0.4) is 0 Å². The Morgan fingerprint density at radius 3 is 2.90 bits per heavy atom. The van der Waals surface area contributed by atoms with E-state index in [1.54, 1.807) is 7.11 Å². The molecule has 1 heterocycles. The molecule has 1 aromatic heterocycles. The summed E-state index contributed by atoms with van der Waals surface area (Å²) in [7, 11) is 1.65. The first kappa shape index (κ1) is 15.7. The molecule has 0 aliphatic carbocycles. The number of carboxylic acid groups (broad SMARTS) is 1. The Morgan fingerprint density at radius 1 is 1.38 bits per heavy atom. The maximum atomic E-state index is 10.7. The van der Waals surface area contributed by atoms with Crippen LogP contribution in [0.4, 0.5) is 0 Å². The van der Waals surface area contributed by atoms with Gasteiger partial charge in [0.2, 0.25) is 0 Å². The second kappa shape index (κ2) is 7.38. The first-order valence-electron chi connectivity index (χ1n) is 6.71. The summed E-state index contributed by atoms with van der Waals surface area (Å²) in [6.07, 6.45) is 0.766. The minimum atomic E-state index is -0.794. The van der Waals surface area contributed by atoms with Crippen LogP contribution in [0.1, 0.15) is 17.8 Å². The predicted octanol–water partition coefficient (Wildman–Crippen LogP) is 2.69. The molecule has 0 fully saturated rings. The quantitative estimate of drug-likeness (QED) is 0.626. The molecule has 5 nitrogen and oxygen atoms in total. The molecule has 1 N–H and O–H groups in total. The Morgan fingerprint density at radius 2 is 2.19 bits per heavy atom. The maximum absolute atomic E-state index is 10.7. The summed E-state index contributed by atoms with van der Waals surface area (Å²) in [5.41, 5.74) is 2.00. The fourth-order valence-electron chi connectivity index (χ4n) is 2.01. The van der Waals surface area contributed by atoms with Gasteiger partial charge >= 0.3 is 5.97 Å². The lowest BCUT2D eigenvalue weighted by Gasteiger charge is -2.10. The Kier molecular flexibility index (Phi) is 5.52. The van der Waals surface area contributed by atoms with Crippen LogP contribution >= 0.6 is 11.8 Å². The third-order valence-corrected chi connectivity index (χ3v) is 4.01. The van der Waals surface area contributed by atoms with Crippen molar-refractivity contribution in [1.82, 2.24) is 9.97 Å². The van der Waals surface area contributed by atoms with Crippen molar-refractivity contribution in [2.24, 2.45) is 0 Å². The second-order valence-corrected chi connectivity index (χ2v) is 5.73. The highest BCUT2D eigenvalue weighted by molar-refractivity contribution is 7.99. The average Bonchev–Trinajstić information content (AvgIpc) is 2.44. The van der Waals surface area contributed by atoms with Crippen molar-refractivity contribution in [3.05, 3.63) is 29.6 Å². The van der Waals surface area contributed by atoms with Gasteiger partial charge in [-0.05, 0) is 18.6 Å². The number of thioether (sulfide) groups is 1. The van der Waals surface area contributed by atoms with E-state index < -0.39 is 5.97 Å². The first-order valence-corrected chi connectivity index (χ1v) is 7.70. The number of aryl methyl sites for hydroxylation is 1. The Labute approximate surface area is 127 Å². The van der Waals surface area contributed by atoms with E-state index in [-0.39, 0.29) is 6.42 Å². The Balaban J connectivity index is 2.35.